The molecule has 0 aliphatic heterocycles. The summed E-state index contributed by atoms with van der Waals surface area (Å²) in [7, 11) is 0. The molecule has 6 heteroatoms. The molecule has 2 aromatic carbocycles. The zero-order valence-electron chi connectivity index (χ0n) is 18.5. The molecule has 5 nitrogen and oxygen atoms in total. The molecule has 3 N–H and O–H groups in total. The highest BCUT2D eigenvalue weighted by molar-refractivity contribution is 7.99. The smallest absolute Gasteiger partial charge is 0.334 e. The van der Waals surface area contributed by atoms with E-state index in [0.717, 1.165) is 36.8 Å². The number of carboxylic acids is 2. The number of aliphatic hydroxyl groups excluding tert-OH is 1. The SMILES string of the molecule is O=C(O)CCS[C@H](c1ccccc1CCCCCCCCc1ccccc1)[C@H](O)C(=O)O. The largest absolute Gasteiger partial charge is 0.481 e. The fourth-order valence-corrected chi connectivity index (χ4v) is 5.04. The lowest BCUT2D eigenvalue weighted by Crippen LogP contribution is -2.27. The van der Waals surface area contributed by atoms with Gasteiger partial charge in [-0.3, -0.25) is 4.79 Å². The lowest BCUT2D eigenvalue weighted by Gasteiger charge is -2.22. The molecule has 2 aromatic rings. The van der Waals surface area contributed by atoms with Gasteiger partial charge in [0.15, 0.2) is 6.10 Å². The van der Waals surface area contributed by atoms with E-state index in [2.05, 4.69) is 24.3 Å². The van der Waals surface area contributed by atoms with Crippen molar-refractivity contribution in [2.75, 3.05) is 5.75 Å². The minimum atomic E-state index is -1.57. The van der Waals surface area contributed by atoms with Crippen LogP contribution in [0.3, 0.4) is 0 Å². The van der Waals surface area contributed by atoms with Gasteiger partial charge in [-0.05, 0) is 42.4 Å². The molecule has 0 bridgehead atoms. The van der Waals surface area contributed by atoms with Gasteiger partial charge in [0.1, 0.15) is 0 Å². The summed E-state index contributed by atoms with van der Waals surface area (Å²) in [6.07, 6.45) is 7.23. The number of carbonyl (C=O) groups is 2. The number of hydrogen-bond acceptors (Lipinski definition) is 4. The zero-order chi connectivity index (χ0) is 23.2. The summed E-state index contributed by atoms with van der Waals surface area (Å²) in [6.45, 7) is 0. The summed E-state index contributed by atoms with van der Waals surface area (Å²) in [6, 6.07) is 18.1. The van der Waals surface area contributed by atoms with E-state index in [1.54, 1.807) is 0 Å². The van der Waals surface area contributed by atoms with Crippen LogP contribution in [0.4, 0.5) is 0 Å². The Labute approximate surface area is 194 Å². The Bertz CT molecular complexity index is 824. The average Bonchev–Trinajstić information content (AvgIpc) is 2.79. The van der Waals surface area contributed by atoms with Gasteiger partial charge in [0.05, 0.1) is 11.7 Å². The molecule has 0 aliphatic carbocycles. The molecule has 2 rings (SSSR count). The highest BCUT2D eigenvalue weighted by Crippen LogP contribution is 2.35. The maximum absolute atomic E-state index is 11.4. The number of aliphatic hydroxyl groups is 1. The summed E-state index contributed by atoms with van der Waals surface area (Å²) >= 11 is 1.19. The topological polar surface area (TPSA) is 94.8 Å². The van der Waals surface area contributed by atoms with Crippen LogP contribution in [0.2, 0.25) is 0 Å². The molecule has 0 aliphatic rings. The fraction of sp³-hybridized carbons (Fsp3) is 0.462. The predicted molar refractivity (Wildman–Crippen MR) is 129 cm³/mol. The maximum Gasteiger partial charge on any atom is 0.334 e. The molecule has 2 atom stereocenters. The van der Waals surface area contributed by atoms with Crippen molar-refractivity contribution in [3.05, 3.63) is 71.3 Å². The van der Waals surface area contributed by atoms with Gasteiger partial charge in [-0.25, -0.2) is 4.79 Å². The highest BCUT2D eigenvalue weighted by atomic mass is 32.2. The highest BCUT2D eigenvalue weighted by Gasteiger charge is 2.29. The number of thioether (sulfide) groups is 1. The van der Waals surface area contributed by atoms with E-state index in [0.29, 0.717) is 0 Å². The van der Waals surface area contributed by atoms with Crippen molar-refractivity contribution in [2.45, 2.75) is 69.1 Å². The summed E-state index contributed by atoms with van der Waals surface area (Å²) < 4.78 is 0. The molecule has 0 spiro atoms. The minimum Gasteiger partial charge on any atom is -0.481 e. The molecule has 174 valence electrons. The van der Waals surface area contributed by atoms with Crippen LogP contribution in [0.25, 0.3) is 0 Å². The number of aliphatic carboxylic acids is 2. The Balaban J connectivity index is 1.80. The molecule has 0 unspecified atom stereocenters. The Hall–Kier alpha value is -2.31. The zero-order valence-corrected chi connectivity index (χ0v) is 19.3. The average molecular weight is 459 g/mol. The summed E-state index contributed by atoms with van der Waals surface area (Å²) in [5.41, 5.74) is 3.22. The van der Waals surface area contributed by atoms with Gasteiger partial charge in [-0.2, -0.15) is 0 Å². The first-order valence-electron chi connectivity index (χ1n) is 11.3. The lowest BCUT2D eigenvalue weighted by atomic mass is 9.96. The van der Waals surface area contributed by atoms with Gasteiger partial charge in [0, 0.05) is 5.75 Å². The second-order valence-electron chi connectivity index (χ2n) is 8.02. The standard InChI is InChI=1S/C26H34O5S/c27-23(28)18-19-32-25(24(29)26(30)31)22-17-11-10-16-21(22)15-9-4-2-1-3-6-12-20-13-7-5-8-14-20/h5,7-8,10-11,13-14,16-17,24-25,29H,1-4,6,9,12,15,18-19H2,(H,27,28)(H,30,31)/t24-,25+/m0/s1. The number of rotatable bonds is 16. The van der Waals surface area contributed by atoms with Gasteiger partial charge >= 0.3 is 11.9 Å². The molecule has 0 saturated carbocycles. The third-order valence-electron chi connectivity index (χ3n) is 5.52. The summed E-state index contributed by atoms with van der Waals surface area (Å²) in [5.74, 6) is -1.97. The van der Waals surface area contributed by atoms with Gasteiger partial charge in [0.25, 0.3) is 0 Å². The first-order chi connectivity index (χ1) is 15.5. The summed E-state index contributed by atoms with van der Waals surface area (Å²) in [5, 5.41) is 27.8. The number of carboxylic acid groups (broad SMARTS) is 2. The van der Waals surface area contributed by atoms with Crippen LogP contribution in [0.5, 0.6) is 0 Å². The van der Waals surface area contributed by atoms with E-state index < -0.39 is 23.3 Å². The van der Waals surface area contributed by atoms with Crippen LogP contribution in [-0.4, -0.2) is 39.1 Å². The molecule has 0 aromatic heterocycles. The molecule has 0 amide bonds. The predicted octanol–water partition coefficient (Wildman–Crippen LogP) is 5.51. The van der Waals surface area contributed by atoms with Gasteiger partial charge < -0.3 is 15.3 Å². The van der Waals surface area contributed by atoms with E-state index >= 15 is 0 Å². The third kappa shape index (κ3) is 9.45. The van der Waals surface area contributed by atoms with Crippen LogP contribution in [-0.2, 0) is 22.4 Å². The first kappa shape index (κ1) is 25.9. The number of unbranched alkanes of at least 4 members (excludes halogenated alkanes) is 5. The van der Waals surface area contributed by atoms with Crippen molar-refractivity contribution in [1.82, 2.24) is 0 Å². The normalized spacial score (nSPS) is 12.9. The van der Waals surface area contributed by atoms with Crippen LogP contribution < -0.4 is 0 Å². The number of hydrogen-bond donors (Lipinski definition) is 3. The molecule has 0 heterocycles. The molecular formula is C26H34O5S. The van der Waals surface area contributed by atoms with Gasteiger partial charge in [-0.1, -0.05) is 80.3 Å². The lowest BCUT2D eigenvalue weighted by molar-refractivity contribution is -0.146. The van der Waals surface area contributed by atoms with Crippen LogP contribution in [0.15, 0.2) is 54.6 Å². The van der Waals surface area contributed by atoms with Gasteiger partial charge in [0.2, 0.25) is 0 Å². The minimum absolute atomic E-state index is 0.0695. The second-order valence-corrected chi connectivity index (χ2v) is 9.27. The Kier molecular flexibility index (Phi) is 11.9. The molecule has 32 heavy (non-hydrogen) atoms. The quantitative estimate of drug-likeness (QED) is 0.287. The monoisotopic (exact) mass is 458 g/mol. The Morgan fingerprint density at radius 1 is 0.781 bits per heavy atom. The number of aryl methyl sites for hydroxylation is 2. The van der Waals surface area contributed by atoms with Gasteiger partial charge in [-0.15, -0.1) is 11.8 Å². The van der Waals surface area contributed by atoms with E-state index in [-0.39, 0.29) is 12.2 Å². The Morgan fingerprint density at radius 2 is 1.38 bits per heavy atom. The first-order valence-corrected chi connectivity index (χ1v) is 12.4. The van der Waals surface area contributed by atoms with Crippen molar-refractivity contribution < 1.29 is 24.9 Å². The molecular weight excluding hydrogens is 424 g/mol. The van der Waals surface area contributed by atoms with Crippen molar-refractivity contribution in [2.24, 2.45) is 0 Å². The van der Waals surface area contributed by atoms with E-state index in [4.69, 9.17) is 5.11 Å². The third-order valence-corrected chi connectivity index (χ3v) is 6.83. The maximum atomic E-state index is 11.4. The Morgan fingerprint density at radius 3 is 2.03 bits per heavy atom. The van der Waals surface area contributed by atoms with E-state index in [1.165, 1.54) is 43.0 Å². The van der Waals surface area contributed by atoms with Crippen molar-refractivity contribution in [1.29, 1.82) is 0 Å². The van der Waals surface area contributed by atoms with Crippen LogP contribution >= 0.6 is 11.8 Å². The van der Waals surface area contributed by atoms with Crippen molar-refractivity contribution >= 4 is 23.7 Å². The van der Waals surface area contributed by atoms with E-state index in [9.17, 15) is 19.8 Å². The second kappa shape index (κ2) is 14.7. The fourth-order valence-electron chi connectivity index (χ4n) is 3.79. The summed E-state index contributed by atoms with van der Waals surface area (Å²) in [4.78, 5) is 22.3. The van der Waals surface area contributed by atoms with Crippen LogP contribution in [0.1, 0.15) is 66.9 Å². The molecule has 0 radical (unpaired) electrons. The van der Waals surface area contributed by atoms with E-state index in [1.807, 2.05) is 30.3 Å². The number of benzene rings is 2. The molecule has 0 saturated heterocycles. The molecule has 0 fully saturated rings. The van der Waals surface area contributed by atoms with Crippen molar-refractivity contribution in [3.8, 4) is 0 Å². The van der Waals surface area contributed by atoms with Crippen molar-refractivity contribution in [3.63, 3.8) is 0 Å². The van der Waals surface area contributed by atoms with Crippen LogP contribution in [0, 0.1) is 0 Å².